The summed E-state index contributed by atoms with van der Waals surface area (Å²) < 4.78 is 2.52. The van der Waals surface area contributed by atoms with Gasteiger partial charge >= 0.3 is 0 Å². The molecule has 12 aromatic carbocycles. The van der Waals surface area contributed by atoms with Crippen LogP contribution in [0.4, 0.5) is 17.1 Å². The normalized spacial score (nSPS) is 12.6. The van der Waals surface area contributed by atoms with E-state index in [9.17, 15) is 0 Å². The first-order chi connectivity index (χ1) is 35.2. The van der Waals surface area contributed by atoms with E-state index < -0.39 is 5.41 Å². The summed E-state index contributed by atoms with van der Waals surface area (Å²) in [6, 6.07) is 103. The Hall–Kier alpha value is -9.24. The number of para-hydroxylation sites is 1. The van der Waals surface area contributed by atoms with E-state index in [1.165, 1.54) is 87.9 Å². The quantitative estimate of drug-likeness (QED) is 0.147. The molecule has 2 nitrogen and oxygen atoms in total. The van der Waals surface area contributed by atoms with E-state index in [1.54, 1.807) is 0 Å². The highest BCUT2D eigenvalue weighted by Crippen LogP contribution is 2.57. The number of aromatic nitrogens is 1. The van der Waals surface area contributed by atoms with Crippen molar-refractivity contribution in [2.24, 2.45) is 0 Å². The van der Waals surface area contributed by atoms with Crippen LogP contribution >= 0.6 is 0 Å². The van der Waals surface area contributed by atoms with Crippen molar-refractivity contribution in [1.29, 1.82) is 0 Å². The largest absolute Gasteiger partial charge is 0.310 e. The molecule has 332 valence electrons. The molecule has 0 saturated heterocycles. The van der Waals surface area contributed by atoms with Crippen molar-refractivity contribution in [2.75, 3.05) is 4.90 Å². The third-order valence-corrected chi connectivity index (χ3v) is 15.0. The molecule has 1 aliphatic rings. The minimum absolute atomic E-state index is 0.516. The number of fused-ring (bicyclic) bond motifs is 8. The second kappa shape index (κ2) is 16.5. The Labute approximate surface area is 413 Å². The Morgan fingerprint density at radius 1 is 0.296 bits per heavy atom. The Balaban J connectivity index is 0.976. The average Bonchev–Trinajstić information content (AvgIpc) is 3.92. The molecule has 14 rings (SSSR count). The van der Waals surface area contributed by atoms with Crippen LogP contribution < -0.4 is 4.90 Å². The van der Waals surface area contributed by atoms with Gasteiger partial charge in [-0.2, -0.15) is 0 Å². The van der Waals surface area contributed by atoms with Crippen LogP contribution in [0.5, 0.6) is 0 Å². The summed E-state index contributed by atoms with van der Waals surface area (Å²) in [5, 5.41) is 7.34. The molecule has 1 aromatic heterocycles. The second-order valence-corrected chi connectivity index (χ2v) is 18.8. The van der Waals surface area contributed by atoms with Gasteiger partial charge in [-0.05, 0) is 132 Å². The molecular formula is C69H46N2. The number of hydrogen-bond acceptors (Lipinski definition) is 1. The zero-order valence-electron chi connectivity index (χ0n) is 39.0. The van der Waals surface area contributed by atoms with E-state index in [2.05, 4.69) is 289 Å². The van der Waals surface area contributed by atoms with Crippen molar-refractivity contribution >= 4 is 60.4 Å². The number of nitrogens with zero attached hydrogens (tertiary/aromatic N) is 2. The Morgan fingerprint density at radius 3 is 1.59 bits per heavy atom. The molecule has 1 heterocycles. The van der Waals surface area contributed by atoms with Crippen molar-refractivity contribution in [2.45, 2.75) is 5.41 Å². The van der Waals surface area contributed by atoms with Gasteiger partial charge in [0.05, 0.1) is 22.1 Å². The molecule has 0 saturated carbocycles. The van der Waals surface area contributed by atoms with Gasteiger partial charge in [0.2, 0.25) is 0 Å². The summed E-state index contributed by atoms with van der Waals surface area (Å²) in [5.74, 6) is 0. The third-order valence-electron chi connectivity index (χ3n) is 15.0. The third kappa shape index (κ3) is 6.42. The zero-order valence-corrected chi connectivity index (χ0v) is 39.0. The minimum atomic E-state index is -0.516. The van der Waals surface area contributed by atoms with E-state index in [0.717, 1.165) is 33.9 Å². The number of rotatable bonds is 8. The van der Waals surface area contributed by atoms with Crippen molar-refractivity contribution in [3.8, 4) is 39.1 Å². The van der Waals surface area contributed by atoms with Crippen LogP contribution in [0, 0.1) is 0 Å². The van der Waals surface area contributed by atoms with Gasteiger partial charge in [-0.25, -0.2) is 0 Å². The molecule has 71 heavy (non-hydrogen) atoms. The predicted octanol–water partition coefficient (Wildman–Crippen LogP) is 18.3. The molecule has 0 fully saturated rings. The maximum atomic E-state index is 2.52. The van der Waals surface area contributed by atoms with Crippen LogP contribution in [0.25, 0.3) is 82.4 Å². The van der Waals surface area contributed by atoms with Crippen molar-refractivity contribution in [3.63, 3.8) is 0 Å². The second-order valence-electron chi connectivity index (χ2n) is 18.8. The van der Waals surface area contributed by atoms with Crippen LogP contribution in [0.2, 0.25) is 0 Å². The van der Waals surface area contributed by atoms with Crippen LogP contribution in [0.1, 0.15) is 22.3 Å². The highest BCUT2D eigenvalue weighted by atomic mass is 15.1. The minimum Gasteiger partial charge on any atom is -0.310 e. The van der Waals surface area contributed by atoms with Crippen LogP contribution in [-0.4, -0.2) is 4.57 Å². The summed E-state index contributed by atoms with van der Waals surface area (Å²) in [6.45, 7) is 0. The van der Waals surface area contributed by atoms with E-state index in [1.807, 2.05) is 0 Å². The molecular weight excluding hydrogens is 857 g/mol. The Bertz CT molecular complexity index is 4120. The summed E-state index contributed by atoms with van der Waals surface area (Å²) in [6.07, 6.45) is 0. The first-order valence-corrected chi connectivity index (χ1v) is 24.6. The molecule has 0 amide bonds. The van der Waals surface area contributed by atoms with Gasteiger partial charge in [0.15, 0.2) is 0 Å². The van der Waals surface area contributed by atoms with Gasteiger partial charge < -0.3 is 9.47 Å². The fraction of sp³-hybridized carbons (Fsp3) is 0.0145. The summed E-state index contributed by atoms with van der Waals surface area (Å²) in [7, 11) is 0. The summed E-state index contributed by atoms with van der Waals surface area (Å²) in [5.41, 5.74) is 18.7. The summed E-state index contributed by atoms with van der Waals surface area (Å²) >= 11 is 0. The van der Waals surface area contributed by atoms with Gasteiger partial charge in [-0.15, -0.1) is 0 Å². The first-order valence-electron chi connectivity index (χ1n) is 24.6. The molecule has 13 aromatic rings. The SMILES string of the molecule is c1ccc(N(c2cccc(-c3ccccc3-c3ccc4c5cc6ccccc6cc5n(-c5ccc6c(c5)C(c5ccccc5)(c5ccccc5)c5ccccc5-6)c4c3)c2)c2cccc3ccccc23)cc1. The monoisotopic (exact) mass is 902 g/mol. The van der Waals surface area contributed by atoms with E-state index in [0.29, 0.717) is 0 Å². The lowest BCUT2D eigenvalue weighted by Crippen LogP contribution is -2.28. The molecule has 0 spiro atoms. The molecule has 0 radical (unpaired) electrons. The smallest absolute Gasteiger partial charge is 0.0714 e. The van der Waals surface area contributed by atoms with Crippen molar-refractivity contribution in [3.05, 3.63) is 301 Å². The summed E-state index contributed by atoms with van der Waals surface area (Å²) in [4.78, 5) is 2.39. The lowest BCUT2D eigenvalue weighted by molar-refractivity contribution is 0.767. The molecule has 0 N–H and O–H groups in total. The van der Waals surface area contributed by atoms with Crippen LogP contribution in [-0.2, 0) is 5.41 Å². The zero-order chi connectivity index (χ0) is 46.9. The number of hydrogen-bond donors (Lipinski definition) is 0. The molecule has 0 bridgehead atoms. The Morgan fingerprint density at radius 2 is 0.845 bits per heavy atom. The fourth-order valence-corrected chi connectivity index (χ4v) is 11.9. The lowest BCUT2D eigenvalue weighted by Gasteiger charge is -2.34. The average molecular weight is 903 g/mol. The van der Waals surface area contributed by atoms with Gasteiger partial charge in [-0.1, -0.05) is 218 Å². The van der Waals surface area contributed by atoms with Gasteiger partial charge in [0, 0.05) is 33.2 Å². The van der Waals surface area contributed by atoms with Crippen LogP contribution in [0.3, 0.4) is 0 Å². The molecule has 0 unspecified atom stereocenters. The molecule has 1 aliphatic carbocycles. The topological polar surface area (TPSA) is 8.17 Å². The maximum absolute atomic E-state index is 2.52. The molecule has 0 aliphatic heterocycles. The Kier molecular flexibility index (Phi) is 9.47. The van der Waals surface area contributed by atoms with Gasteiger partial charge in [0.25, 0.3) is 0 Å². The van der Waals surface area contributed by atoms with E-state index >= 15 is 0 Å². The number of benzene rings is 12. The van der Waals surface area contributed by atoms with Gasteiger partial charge in [-0.3, -0.25) is 0 Å². The molecule has 0 atom stereocenters. The van der Waals surface area contributed by atoms with Gasteiger partial charge in [0.1, 0.15) is 0 Å². The highest BCUT2D eigenvalue weighted by Gasteiger charge is 2.46. The van der Waals surface area contributed by atoms with Crippen molar-refractivity contribution in [1.82, 2.24) is 4.57 Å². The first kappa shape index (κ1) is 40.8. The molecule has 2 heteroatoms. The maximum Gasteiger partial charge on any atom is 0.0714 e. The van der Waals surface area contributed by atoms with E-state index in [4.69, 9.17) is 0 Å². The predicted molar refractivity (Wildman–Crippen MR) is 299 cm³/mol. The number of anilines is 3. The lowest BCUT2D eigenvalue weighted by atomic mass is 9.67. The highest BCUT2D eigenvalue weighted by molar-refractivity contribution is 6.14. The standard InChI is InChI=1S/C69H46N2/c1-4-25-52(26-5-1)69(53-27-6-2-7-28-53)64-36-17-16-35-60(64)61-41-39-56(46-65(61)69)71-67-45-51(38-40-62(67)63-43-48-21-10-11-22-49(48)44-68(63)71)58-33-15-14-32-57(58)50-24-18-31-55(42-50)70(54-29-8-3-9-30-54)66-37-19-23-47-20-12-13-34-59(47)66/h1-46H. The van der Waals surface area contributed by atoms with Crippen molar-refractivity contribution < 1.29 is 0 Å². The van der Waals surface area contributed by atoms with E-state index in [-0.39, 0.29) is 0 Å². The fourth-order valence-electron chi connectivity index (χ4n) is 11.9. The van der Waals surface area contributed by atoms with Crippen LogP contribution in [0.15, 0.2) is 279 Å².